The molecule has 0 spiro atoms. The van der Waals surface area contributed by atoms with Gasteiger partial charge in [0, 0.05) is 37.0 Å². The third kappa shape index (κ3) is 3.78. The molecule has 0 aliphatic carbocycles. The van der Waals surface area contributed by atoms with Crippen LogP contribution < -0.4 is 5.32 Å². The first-order valence-electron chi connectivity index (χ1n) is 7.50. The lowest BCUT2D eigenvalue weighted by atomic mass is 9.98. The van der Waals surface area contributed by atoms with Gasteiger partial charge in [0.25, 0.3) is 0 Å². The maximum Gasteiger partial charge on any atom is 0.0466 e. The highest BCUT2D eigenvalue weighted by Crippen LogP contribution is 2.26. The Balaban J connectivity index is 2.18. The third-order valence-electron chi connectivity index (χ3n) is 3.51. The summed E-state index contributed by atoms with van der Waals surface area (Å²) in [7, 11) is 0. The van der Waals surface area contributed by atoms with Crippen LogP contribution in [-0.2, 0) is 4.74 Å². The molecule has 1 heterocycles. The molecule has 1 aromatic carbocycles. The van der Waals surface area contributed by atoms with Gasteiger partial charge in [-0.15, -0.1) is 0 Å². The van der Waals surface area contributed by atoms with E-state index in [0.717, 1.165) is 32.6 Å². The van der Waals surface area contributed by atoms with Crippen LogP contribution in [0, 0.1) is 0 Å². The second-order valence-electron chi connectivity index (χ2n) is 4.90. The fraction of sp³-hybridized carbons (Fsp3) is 0.471. The number of ether oxygens (including phenoxy) is 1. The molecule has 0 aliphatic heterocycles. The molecule has 1 aromatic heterocycles. The lowest BCUT2D eigenvalue weighted by Gasteiger charge is -2.19. The van der Waals surface area contributed by atoms with Crippen LogP contribution in [0.5, 0.6) is 0 Å². The summed E-state index contributed by atoms with van der Waals surface area (Å²) < 4.78 is 5.44. The molecular formula is C17H24N2O. The van der Waals surface area contributed by atoms with E-state index in [4.69, 9.17) is 4.74 Å². The molecule has 1 atom stereocenters. The summed E-state index contributed by atoms with van der Waals surface area (Å²) in [5.74, 6) is 0. The predicted octanol–water partition coefficient (Wildman–Crippen LogP) is 3.70. The van der Waals surface area contributed by atoms with E-state index in [1.165, 1.54) is 16.3 Å². The topological polar surface area (TPSA) is 34.1 Å². The molecule has 0 radical (unpaired) electrons. The number of rotatable bonds is 8. The van der Waals surface area contributed by atoms with Crippen LogP contribution >= 0.6 is 0 Å². The highest BCUT2D eigenvalue weighted by molar-refractivity contribution is 5.85. The van der Waals surface area contributed by atoms with Gasteiger partial charge in [0.15, 0.2) is 0 Å². The Labute approximate surface area is 121 Å². The Morgan fingerprint density at radius 2 is 2.05 bits per heavy atom. The van der Waals surface area contributed by atoms with E-state index < -0.39 is 0 Å². The van der Waals surface area contributed by atoms with E-state index >= 15 is 0 Å². The first-order chi connectivity index (χ1) is 9.86. The number of hydrogen-bond acceptors (Lipinski definition) is 3. The van der Waals surface area contributed by atoms with Gasteiger partial charge < -0.3 is 10.1 Å². The maximum absolute atomic E-state index is 5.44. The highest BCUT2D eigenvalue weighted by Gasteiger charge is 2.13. The zero-order chi connectivity index (χ0) is 14.2. The summed E-state index contributed by atoms with van der Waals surface area (Å²) in [4.78, 5) is 4.39. The van der Waals surface area contributed by atoms with Crippen molar-refractivity contribution in [3.8, 4) is 0 Å². The summed E-state index contributed by atoms with van der Waals surface area (Å²) in [6, 6.07) is 8.80. The number of fused-ring (bicyclic) bond motifs is 1. The zero-order valence-corrected chi connectivity index (χ0v) is 12.4. The number of benzene rings is 1. The Hall–Kier alpha value is -1.45. The minimum atomic E-state index is 0.346. The third-order valence-corrected chi connectivity index (χ3v) is 3.51. The van der Waals surface area contributed by atoms with Crippen molar-refractivity contribution in [2.24, 2.45) is 0 Å². The van der Waals surface area contributed by atoms with E-state index in [9.17, 15) is 0 Å². The van der Waals surface area contributed by atoms with E-state index in [1.54, 1.807) is 0 Å². The minimum Gasteiger partial charge on any atom is -0.382 e. The molecule has 0 amide bonds. The van der Waals surface area contributed by atoms with Crippen LogP contribution in [0.15, 0.2) is 36.7 Å². The summed E-state index contributed by atoms with van der Waals surface area (Å²) in [5, 5.41) is 6.07. The largest absolute Gasteiger partial charge is 0.382 e. The summed E-state index contributed by atoms with van der Waals surface area (Å²) in [5.41, 5.74) is 1.29. The van der Waals surface area contributed by atoms with E-state index in [-0.39, 0.29) is 0 Å². The first-order valence-corrected chi connectivity index (χ1v) is 7.50. The van der Waals surface area contributed by atoms with Crippen molar-refractivity contribution >= 4 is 10.8 Å². The van der Waals surface area contributed by atoms with Gasteiger partial charge in [0.1, 0.15) is 0 Å². The van der Waals surface area contributed by atoms with Crippen molar-refractivity contribution < 1.29 is 4.74 Å². The number of aromatic nitrogens is 1. The van der Waals surface area contributed by atoms with Gasteiger partial charge in [0.05, 0.1) is 0 Å². The molecule has 1 unspecified atom stereocenters. The molecular weight excluding hydrogens is 248 g/mol. The second kappa shape index (κ2) is 7.98. The van der Waals surface area contributed by atoms with Crippen LogP contribution in [0.1, 0.15) is 38.3 Å². The minimum absolute atomic E-state index is 0.346. The predicted molar refractivity (Wildman–Crippen MR) is 83.9 cm³/mol. The van der Waals surface area contributed by atoms with Crippen molar-refractivity contribution in [3.63, 3.8) is 0 Å². The van der Waals surface area contributed by atoms with Gasteiger partial charge in [-0.1, -0.05) is 31.2 Å². The Morgan fingerprint density at radius 1 is 1.20 bits per heavy atom. The van der Waals surface area contributed by atoms with Gasteiger partial charge in [-0.3, -0.25) is 4.98 Å². The summed E-state index contributed by atoms with van der Waals surface area (Å²) in [6.07, 6.45) is 6.07. The maximum atomic E-state index is 5.44. The summed E-state index contributed by atoms with van der Waals surface area (Å²) >= 11 is 0. The highest BCUT2D eigenvalue weighted by atomic mass is 16.5. The van der Waals surface area contributed by atoms with Crippen molar-refractivity contribution in [2.75, 3.05) is 19.8 Å². The molecule has 0 aliphatic rings. The summed E-state index contributed by atoms with van der Waals surface area (Å²) in [6.45, 7) is 6.77. The van der Waals surface area contributed by atoms with Crippen molar-refractivity contribution in [3.05, 3.63) is 42.2 Å². The molecule has 0 bridgehead atoms. The molecule has 20 heavy (non-hydrogen) atoms. The number of nitrogens with one attached hydrogen (secondary N) is 1. The zero-order valence-electron chi connectivity index (χ0n) is 12.4. The van der Waals surface area contributed by atoms with Crippen molar-refractivity contribution in [1.82, 2.24) is 10.3 Å². The number of nitrogens with zero attached hydrogens (tertiary/aromatic N) is 1. The number of hydrogen-bond donors (Lipinski definition) is 1. The standard InChI is InChI=1S/C17H24N2O/c1-3-19-17(10-7-11-20-4-2)16-13-18-12-14-8-5-6-9-15(14)16/h5-6,8-9,12-13,17,19H,3-4,7,10-11H2,1-2H3. The quantitative estimate of drug-likeness (QED) is 0.744. The van der Waals surface area contributed by atoms with Crippen LogP contribution in [0.3, 0.4) is 0 Å². The average molecular weight is 272 g/mol. The van der Waals surface area contributed by atoms with Gasteiger partial charge in [-0.25, -0.2) is 0 Å². The molecule has 2 aromatic rings. The van der Waals surface area contributed by atoms with Gasteiger partial charge >= 0.3 is 0 Å². The molecule has 0 saturated heterocycles. The Morgan fingerprint density at radius 3 is 2.85 bits per heavy atom. The fourth-order valence-corrected chi connectivity index (χ4v) is 2.57. The molecule has 2 rings (SSSR count). The molecule has 1 N–H and O–H groups in total. The SMILES string of the molecule is CCNC(CCCOCC)c1cncc2ccccc12. The molecule has 0 saturated carbocycles. The van der Waals surface area contributed by atoms with Gasteiger partial charge in [-0.2, -0.15) is 0 Å². The average Bonchev–Trinajstić information content (AvgIpc) is 2.50. The van der Waals surface area contributed by atoms with Gasteiger partial charge in [-0.05, 0) is 37.3 Å². The lowest BCUT2D eigenvalue weighted by Crippen LogP contribution is -2.21. The second-order valence-corrected chi connectivity index (χ2v) is 4.90. The van der Waals surface area contributed by atoms with E-state index in [1.807, 2.05) is 19.3 Å². The normalized spacial score (nSPS) is 12.7. The monoisotopic (exact) mass is 272 g/mol. The molecule has 3 heteroatoms. The molecule has 0 fully saturated rings. The Bertz CT molecular complexity index is 522. The lowest BCUT2D eigenvalue weighted by molar-refractivity contribution is 0.141. The molecule has 3 nitrogen and oxygen atoms in total. The fourth-order valence-electron chi connectivity index (χ4n) is 2.57. The van der Waals surface area contributed by atoms with Crippen molar-refractivity contribution in [2.45, 2.75) is 32.7 Å². The van der Waals surface area contributed by atoms with Crippen LogP contribution in [0.2, 0.25) is 0 Å². The van der Waals surface area contributed by atoms with Crippen LogP contribution in [0.4, 0.5) is 0 Å². The first kappa shape index (κ1) is 14.9. The van der Waals surface area contributed by atoms with Crippen LogP contribution in [0.25, 0.3) is 10.8 Å². The smallest absolute Gasteiger partial charge is 0.0466 e. The van der Waals surface area contributed by atoms with E-state index in [0.29, 0.717) is 6.04 Å². The van der Waals surface area contributed by atoms with Gasteiger partial charge in [0.2, 0.25) is 0 Å². The molecule has 108 valence electrons. The Kier molecular flexibility index (Phi) is 5.96. The van der Waals surface area contributed by atoms with E-state index in [2.05, 4.69) is 41.5 Å². The number of pyridine rings is 1. The van der Waals surface area contributed by atoms with Crippen LogP contribution in [-0.4, -0.2) is 24.7 Å². The van der Waals surface area contributed by atoms with Crippen molar-refractivity contribution in [1.29, 1.82) is 0 Å².